The maximum absolute atomic E-state index is 13.3. The number of rotatable bonds is 5. The molecule has 0 aromatic heterocycles. The molecule has 1 amide bonds. The Hall–Kier alpha value is -2.63. The SMILES string of the molecule is O=C(NC[C@H]1C[C@@H](S(=O)(=O)c2cccc(C(F)(F)F)c2)C1)c1ccc(F)c(C(F)(F)F)c1. The summed E-state index contributed by atoms with van der Waals surface area (Å²) in [6.07, 6.45) is -9.53. The molecule has 1 saturated carbocycles. The van der Waals surface area contributed by atoms with E-state index in [4.69, 9.17) is 0 Å². The fourth-order valence-corrected chi connectivity index (χ4v) is 5.35. The standard InChI is InChI=1S/C20H16F7NO3S/c21-17-5-4-12(8-16(17)20(25,26)27)18(29)28-10-11-6-15(7-11)32(30,31)14-3-1-2-13(9-14)19(22,23)24/h1-5,8-9,11,15H,6-7,10H2,(H,28,29)/t11-,15+. The number of sulfone groups is 1. The first-order valence-corrected chi connectivity index (χ1v) is 10.8. The molecule has 32 heavy (non-hydrogen) atoms. The summed E-state index contributed by atoms with van der Waals surface area (Å²) in [6, 6.07) is 5.21. The molecule has 1 aliphatic carbocycles. The van der Waals surface area contributed by atoms with Crippen LogP contribution >= 0.6 is 0 Å². The van der Waals surface area contributed by atoms with Crippen molar-refractivity contribution in [2.75, 3.05) is 6.54 Å². The summed E-state index contributed by atoms with van der Waals surface area (Å²) >= 11 is 0. The van der Waals surface area contributed by atoms with Crippen LogP contribution in [0.25, 0.3) is 0 Å². The number of halogens is 7. The maximum atomic E-state index is 13.3. The van der Waals surface area contributed by atoms with Crippen molar-refractivity contribution in [3.63, 3.8) is 0 Å². The van der Waals surface area contributed by atoms with Crippen LogP contribution in [0.15, 0.2) is 47.4 Å². The van der Waals surface area contributed by atoms with E-state index in [1.807, 2.05) is 0 Å². The van der Waals surface area contributed by atoms with Gasteiger partial charge in [-0.2, -0.15) is 26.3 Å². The van der Waals surface area contributed by atoms with Gasteiger partial charge in [-0.3, -0.25) is 4.79 Å². The van der Waals surface area contributed by atoms with Crippen LogP contribution in [0.1, 0.15) is 34.3 Å². The second-order valence-electron chi connectivity index (χ2n) is 7.43. The van der Waals surface area contributed by atoms with E-state index in [2.05, 4.69) is 5.32 Å². The van der Waals surface area contributed by atoms with E-state index in [1.165, 1.54) is 0 Å². The van der Waals surface area contributed by atoms with E-state index in [9.17, 15) is 43.9 Å². The Balaban J connectivity index is 1.60. The van der Waals surface area contributed by atoms with Gasteiger partial charge in [0.2, 0.25) is 0 Å². The number of hydrogen-bond acceptors (Lipinski definition) is 3. The Bertz CT molecular complexity index is 1120. The molecule has 4 nitrogen and oxygen atoms in total. The van der Waals surface area contributed by atoms with E-state index in [-0.39, 0.29) is 25.3 Å². The normalized spacial score (nSPS) is 19.3. The molecule has 0 saturated heterocycles. The number of carbonyl (C=O) groups is 1. The van der Waals surface area contributed by atoms with E-state index < -0.39 is 60.8 Å². The minimum atomic E-state index is -4.97. The smallest absolute Gasteiger partial charge is 0.352 e. The lowest BCUT2D eigenvalue weighted by Gasteiger charge is -2.35. The number of carbonyl (C=O) groups excluding carboxylic acids is 1. The second-order valence-corrected chi connectivity index (χ2v) is 9.66. The number of nitrogens with one attached hydrogen (secondary N) is 1. The van der Waals surface area contributed by atoms with Gasteiger partial charge < -0.3 is 5.32 Å². The summed E-state index contributed by atoms with van der Waals surface area (Å²) in [7, 11) is -4.01. The molecule has 0 spiro atoms. The van der Waals surface area contributed by atoms with Gasteiger partial charge in [0, 0.05) is 12.1 Å². The van der Waals surface area contributed by atoms with Crippen molar-refractivity contribution in [2.24, 2.45) is 5.92 Å². The molecule has 2 aromatic rings. The number of benzene rings is 2. The summed E-state index contributed by atoms with van der Waals surface area (Å²) in [5, 5.41) is 1.43. The van der Waals surface area contributed by atoms with E-state index in [0.717, 1.165) is 24.3 Å². The highest BCUT2D eigenvalue weighted by Gasteiger charge is 2.41. The average Bonchev–Trinajstić information content (AvgIpc) is 2.65. The summed E-state index contributed by atoms with van der Waals surface area (Å²) < 4.78 is 115. The monoisotopic (exact) mass is 483 g/mol. The van der Waals surface area contributed by atoms with Crippen molar-refractivity contribution < 1.29 is 43.9 Å². The van der Waals surface area contributed by atoms with Gasteiger partial charge in [-0.15, -0.1) is 0 Å². The third-order valence-electron chi connectivity index (χ3n) is 5.21. The largest absolute Gasteiger partial charge is 0.419 e. The van der Waals surface area contributed by atoms with Crippen LogP contribution in [0, 0.1) is 11.7 Å². The van der Waals surface area contributed by atoms with Crippen LogP contribution in [0.3, 0.4) is 0 Å². The van der Waals surface area contributed by atoms with Crippen molar-refractivity contribution >= 4 is 15.7 Å². The molecular formula is C20H16F7NO3S. The Morgan fingerprint density at radius 2 is 1.62 bits per heavy atom. The highest BCUT2D eigenvalue weighted by atomic mass is 32.2. The van der Waals surface area contributed by atoms with Gasteiger partial charge in [0.05, 0.1) is 21.3 Å². The molecule has 12 heteroatoms. The molecule has 2 aromatic carbocycles. The van der Waals surface area contributed by atoms with E-state index in [0.29, 0.717) is 18.2 Å². The highest BCUT2D eigenvalue weighted by Crippen LogP contribution is 2.38. The van der Waals surface area contributed by atoms with Gasteiger partial charge in [-0.25, -0.2) is 12.8 Å². The Morgan fingerprint density at radius 1 is 0.969 bits per heavy atom. The lowest BCUT2D eigenvalue weighted by molar-refractivity contribution is -0.140. The minimum absolute atomic E-state index is 0.0494. The Kier molecular flexibility index (Phi) is 6.29. The summed E-state index contributed by atoms with van der Waals surface area (Å²) in [5.74, 6) is -2.73. The van der Waals surface area contributed by atoms with Crippen LogP contribution in [0.2, 0.25) is 0 Å². The predicted octanol–water partition coefficient (Wildman–Crippen LogP) is 4.85. The maximum Gasteiger partial charge on any atom is 0.419 e. The van der Waals surface area contributed by atoms with E-state index in [1.54, 1.807) is 0 Å². The lowest BCUT2D eigenvalue weighted by Crippen LogP contribution is -2.42. The molecule has 0 atom stereocenters. The third-order valence-corrected chi connectivity index (χ3v) is 7.38. The van der Waals surface area contributed by atoms with Crippen molar-refractivity contribution in [3.05, 3.63) is 65.0 Å². The van der Waals surface area contributed by atoms with Crippen LogP contribution in [0.4, 0.5) is 30.7 Å². The minimum Gasteiger partial charge on any atom is -0.352 e. The molecular weight excluding hydrogens is 467 g/mol. The Morgan fingerprint density at radius 3 is 2.22 bits per heavy atom. The molecule has 1 N–H and O–H groups in total. The zero-order valence-corrected chi connectivity index (χ0v) is 16.9. The molecule has 1 aliphatic rings. The zero-order valence-electron chi connectivity index (χ0n) is 16.1. The van der Waals surface area contributed by atoms with Gasteiger partial charge in [0.15, 0.2) is 9.84 Å². The van der Waals surface area contributed by atoms with Crippen LogP contribution in [0.5, 0.6) is 0 Å². The summed E-state index contributed by atoms with van der Waals surface area (Å²) in [5.41, 5.74) is -3.08. The van der Waals surface area contributed by atoms with Crippen molar-refractivity contribution in [2.45, 2.75) is 35.3 Å². The fourth-order valence-electron chi connectivity index (χ4n) is 3.36. The first kappa shape index (κ1) is 24.0. The fraction of sp³-hybridized carbons (Fsp3) is 0.350. The first-order valence-electron chi connectivity index (χ1n) is 9.25. The predicted molar refractivity (Wildman–Crippen MR) is 98.9 cm³/mol. The quantitative estimate of drug-likeness (QED) is 0.619. The second kappa shape index (κ2) is 8.38. The topological polar surface area (TPSA) is 63.2 Å². The summed E-state index contributed by atoms with van der Waals surface area (Å²) in [4.78, 5) is 11.6. The molecule has 0 unspecified atom stereocenters. The molecule has 1 fully saturated rings. The van der Waals surface area contributed by atoms with Gasteiger partial charge in [0.25, 0.3) is 5.91 Å². The number of hydrogen-bond donors (Lipinski definition) is 1. The zero-order chi connectivity index (χ0) is 23.9. The lowest BCUT2D eigenvalue weighted by atomic mass is 9.84. The molecule has 0 radical (unpaired) electrons. The molecule has 0 bridgehead atoms. The van der Waals surface area contributed by atoms with Gasteiger partial charge >= 0.3 is 12.4 Å². The average molecular weight is 483 g/mol. The molecule has 0 aliphatic heterocycles. The van der Waals surface area contributed by atoms with Gasteiger partial charge in [-0.1, -0.05) is 6.07 Å². The molecule has 0 heterocycles. The van der Waals surface area contributed by atoms with Crippen molar-refractivity contribution in [1.82, 2.24) is 5.32 Å². The van der Waals surface area contributed by atoms with Gasteiger partial charge in [-0.05, 0) is 55.2 Å². The van der Waals surface area contributed by atoms with Gasteiger partial charge in [0.1, 0.15) is 5.82 Å². The molecule has 174 valence electrons. The van der Waals surface area contributed by atoms with Crippen LogP contribution < -0.4 is 5.32 Å². The van der Waals surface area contributed by atoms with Crippen LogP contribution in [-0.4, -0.2) is 26.1 Å². The first-order chi connectivity index (χ1) is 14.7. The van der Waals surface area contributed by atoms with Crippen molar-refractivity contribution in [3.8, 4) is 0 Å². The molecule has 3 rings (SSSR count). The number of alkyl halides is 6. The van der Waals surface area contributed by atoms with Crippen molar-refractivity contribution in [1.29, 1.82) is 0 Å². The number of amides is 1. The third kappa shape index (κ3) is 5.05. The van der Waals surface area contributed by atoms with Crippen LogP contribution in [-0.2, 0) is 22.2 Å². The Labute approximate surface area is 178 Å². The summed E-state index contributed by atoms with van der Waals surface area (Å²) in [6.45, 7) is -0.0494. The highest BCUT2D eigenvalue weighted by molar-refractivity contribution is 7.92. The van der Waals surface area contributed by atoms with E-state index >= 15 is 0 Å².